The smallest absolute Gasteiger partial charge is 0.220 e. The summed E-state index contributed by atoms with van der Waals surface area (Å²) < 4.78 is 5.60. The van der Waals surface area contributed by atoms with Crippen LogP contribution < -0.4 is 10.1 Å². The van der Waals surface area contributed by atoms with Gasteiger partial charge >= 0.3 is 0 Å². The van der Waals surface area contributed by atoms with E-state index in [0.29, 0.717) is 25.5 Å². The summed E-state index contributed by atoms with van der Waals surface area (Å²) in [6, 6.07) is 8.13. The Morgan fingerprint density at radius 2 is 2.00 bits per heavy atom. The molecular formula is C16H25NO2S. The lowest BCUT2D eigenvalue weighted by molar-refractivity contribution is -0.120. The van der Waals surface area contributed by atoms with E-state index in [9.17, 15) is 4.79 Å². The standard InChI is InChI=1S/C16H25NO2S/c1-4-20-12-9-16(18)17-10-11-19-15-7-5-14(6-8-15)13(2)3/h5-8,13H,4,9-12H2,1-3H3,(H,17,18). The van der Waals surface area contributed by atoms with Gasteiger partial charge in [-0.25, -0.2) is 0 Å². The third-order valence-corrected chi connectivity index (χ3v) is 3.82. The molecule has 1 amide bonds. The fourth-order valence-electron chi connectivity index (χ4n) is 1.71. The predicted octanol–water partition coefficient (Wildman–Crippen LogP) is 3.45. The Labute approximate surface area is 126 Å². The summed E-state index contributed by atoms with van der Waals surface area (Å²) in [5.74, 6) is 3.43. The fourth-order valence-corrected chi connectivity index (χ4v) is 2.32. The molecule has 0 radical (unpaired) electrons. The van der Waals surface area contributed by atoms with Crippen molar-refractivity contribution in [3.05, 3.63) is 29.8 Å². The Hall–Kier alpha value is -1.16. The van der Waals surface area contributed by atoms with Crippen molar-refractivity contribution in [2.24, 2.45) is 0 Å². The molecule has 1 aromatic rings. The Morgan fingerprint density at radius 3 is 2.60 bits per heavy atom. The molecule has 0 aliphatic carbocycles. The number of benzene rings is 1. The Bertz CT molecular complexity index is 390. The summed E-state index contributed by atoms with van der Waals surface area (Å²) in [6.45, 7) is 7.50. The number of amides is 1. The van der Waals surface area contributed by atoms with Gasteiger partial charge in [-0.1, -0.05) is 32.9 Å². The van der Waals surface area contributed by atoms with Gasteiger partial charge in [-0.15, -0.1) is 0 Å². The molecule has 0 fully saturated rings. The molecule has 0 aliphatic rings. The number of carbonyl (C=O) groups is 1. The van der Waals surface area contributed by atoms with E-state index in [2.05, 4.69) is 38.2 Å². The maximum atomic E-state index is 11.5. The third kappa shape index (κ3) is 6.85. The molecular weight excluding hydrogens is 270 g/mol. The molecule has 0 unspecified atom stereocenters. The summed E-state index contributed by atoms with van der Waals surface area (Å²) in [5, 5.41) is 2.86. The second kappa shape index (κ2) is 9.70. The summed E-state index contributed by atoms with van der Waals surface area (Å²) in [5.41, 5.74) is 1.30. The first-order valence-electron chi connectivity index (χ1n) is 7.20. The van der Waals surface area contributed by atoms with Crippen LogP contribution in [0.1, 0.15) is 38.7 Å². The van der Waals surface area contributed by atoms with E-state index in [4.69, 9.17) is 4.74 Å². The van der Waals surface area contributed by atoms with Gasteiger partial charge in [0.2, 0.25) is 5.91 Å². The highest BCUT2D eigenvalue weighted by Gasteiger charge is 2.01. The first-order valence-corrected chi connectivity index (χ1v) is 8.36. The van der Waals surface area contributed by atoms with Crippen LogP contribution >= 0.6 is 11.8 Å². The minimum absolute atomic E-state index is 0.102. The van der Waals surface area contributed by atoms with Crippen molar-refractivity contribution >= 4 is 17.7 Å². The molecule has 0 saturated heterocycles. The highest BCUT2D eigenvalue weighted by atomic mass is 32.2. The molecule has 0 atom stereocenters. The summed E-state index contributed by atoms with van der Waals surface area (Å²) in [4.78, 5) is 11.5. The molecule has 20 heavy (non-hydrogen) atoms. The second-order valence-corrected chi connectivity index (χ2v) is 6.26. The Kier molecular flexibility index (Phi) is 8.19. The van der Waals surface area contributed by atoms with Gasteiger partial charge in [0.05, 0.1) is 6.54 Å². The van der Waals surface area contributed by atoms with Gasteiger partial charge < -0.3 is 10.1 Å². The lowest BCUT2D eigenvalue weighted by atomic mass is 10.0. The van der Waals surface area contributed by atoms with E-state index in [0.717, 1.165) is 17.3 Å². The number of hydrogen-bond donors (Lipinski definition) is 1. The number of carbonyl (C=O) groups excluding carboxylic acids is 1. The van der Waals surface area contributed by atoms with Crippen molar-refractivity contribution in [3.63, 3.8) is 0 Å². The monoisotopic (exact) mass is 295 g/mol. The van der Waals surface area contributed by atoms with E-state index in [-0.39, 0.29) is 5.91 Å². The van der Waals surface area contributed by atoms with E-state index in [1.165, 1.54) is 5.56 Å². The minimum Gasteiger partial charge on any atom is -0.492 e. The van der Waals surface area contributed by atoms with Crippen LogP contribution in [0, 0.1) is 0 Å². The zero-order valence-corrected chi connectivity index (χ0v) is 13.5. The van der Waals surface area contributed by atoms with Crippen molar-refractivity contribution in [3.8, 4) is 5.75 Å². The zero-order chi connectivity index (χ0) is 14.8. The molecule has 0 heterocycles. The highest BCUT2D eigenvalue weighted by Crippen LogP contribution is 2.18. The average molecular weight is 295 g/mol. The van der Waals surface area contributed by atoms with E-state index >= 15 is 0 Å². The average Bonchev–Trinajstić information content (AvgIpc) is 2.44. The topological polar surface area (TPSA) is 38.3 Å². The molecule has 0 spiro atoms. The first-order chi connectivity index (χ1) is 9.63. The van der Waals surface area contributed by atoms with Crippen molar-refractivity contribution in [1.29, 1.82) is 0 Å². The highest BCUT2D eigenvalue weighted by molar-refractivity contribution is 7.99. The van der Waals surface area contributed by atoms with Gasteiger partial charge in [-0.05, 0) is 29.4 Å². The van der Waals surface area contributed by atoms with Crippen molar-refractivity contribution < 1.29 is 9.53 Å². The summed E-state index contributed by atoms with van der Waals surface area (Å²) in [7, 11) is 0. The van der Waals surface area contributed by atoms with Crippen LogP contribution in [-0.2, 0) is 4.79 Å². The van der Waals surface area contributed by atoms with E-state index < -0.39 is 0 Å². The summed E-state index contributed by atoms with van der Waals surface area (Å²) >= 11 is 1.78. The second-order valence-electron chi connectivity index (χ2n) is 4.87. The largest absolute Gasteiger partial charge is 0.492 e. The van der Waals surface area contributed by atoms with Crippen LogP contribution in [0.2, 0.25) is 0 Å². The number of rotatable bonds is 9. The predicted molar refractivity (Wildman–Crippen MR) is 86.7 cm³/mol. The molecule has 0 saturated carbocycles. The molecule has 0 bridgehead atoms. The number of hydrogen-bond acceptors (Lipinski definition) is 3. The molecule has 1 N–H and O–H groups in total. The van der Waals surface area contributed by atoms with Gasteiger partial charge in [-0.3, -0.25) is 4.79 Å². The Morgan fingerprint density at radius 1 is 1.30 bits per heavy atom. The van der Waals surface area contributed by atoms with Gasteiger partial charge in [0, 0.05) is 12.2 Å². The van der Waals surface area contributed by atoms with E-state index in [1.807, 2.05) is 12.1 Å². The van der Waals surface area contributed by atoms with Crippen LogP contribution in [0.3, 0.4) is 0 Å². The minimum atomic E-state index is 0.102. The van der Waals surface area contributed by atoms with Gasteiger partial charge in [0.1, 0.15) is 12.4 Å². The lowest BCUT2D eigenvalue weighted by Gasteiger charge is -2.09. The van der Waals surface area contributed by atoms with Gasteiger partial charge in [0.25, 0.3) is 0 Å². The molecule has 0 aromatic heterocycles. The number of thioether (sulfide) groups is 1. The van der Waals surface area contributed by atoms with Crippen molar-refractivity contribution in [2.75, 3.05) is 24.7 Å². The lowest BCUT2D eigenvalue weighted by Crippen LogP contribution is -2.28. The zero-order valence-electron chi connectivity index (χ0n) is 12.6. The maximum Gasteiger partial charge on any atom is 0.220 e. The van der Waals surface area contributed by atoms with Crippen LogP contribution in [0.4, 0.5) is 0 Å². The molecule has 1 rings (SSSR count). The van der Waals surface area contributed by atoms with Crippen LogP contribution in [0.25, 0.3) is 0 Å². The first kappa shape index (κ1) is 16.9. The van der Waals surface area contributed by atoms with Crippen LogP contribution in [0.5, 0.6) is 5.75 Å². The van der Waals surface area contributed by atoms with Crippen molar-refractivity contribution in [2.45, 2.75) is 33.1 Å². The van der Waals surface area contributed by atoms with Gasteiger partial charge in [0.15, 0.2) is 0 Å². The molecule has 112 valence electrons. The molecule has 0 aliphatic heterocycles. The molecule has 4 heteroatoms. The Balaban J connectivity index is 2.16. The fraction of sp³-hybridized carbons (Fsp3) is 0.562. The quantitative estimate of drug-likeness (QED) is 0.709. The molecule has 3 nitrogen and oxygen atoms in total. The third-order valence-electron chi connectivity index (χ3n) is 2.92. The summed E-state index contributed by atoms with van der Waals surface area (Å²) in [6.07, 6.45) is 0.585. The number of ether oxygens (including phenoxy) is 1. The number of nitrogens with one attached hydrogen (secondary N) is 1. The van der Waals surface area contributed by atoms with Crippen molar-refractivity contribution in [1.82, 2.24) is 5.32 Å². The normalized spacial score (nSPS) is 10.6. The molecule has 1 aromatic carbocycles. The maximum absolute atomic E-state index is 11.5. The van der Waals surface area contributed by atoms with Crippen LogP contribution in [-0.4, -0.2) is 30.6 Å². The van der Waals surface area contributed by atoms with Crippen LogP contribution in [0.15, 0.2) is 24.3 Å². The SMILES string of the molecule is CCSCCC(=O)NCCOc1ccc(C(C)C)cc1. The van der Waals surface area contributed by atoms with E-state index in [1.54, 1.807) is 11.8 Å². The van der Waals surface area contributed by atoms with Gasteiger partial charge in [-0.2, -0.15) is 11.8 Å².